The zero-order valence-corrected chi connectivity index (χ0v) is 34.4. The Morgan fingerprint density at radius 2 is 0.871 bits per heavy atom. The van der Waals surface area contributed by atoms with Crippen LogP contribution in [0.3, 0.4) is 0 Å². The number of urea groups is 1. The number of hydrogen-bond acceptors (Lipinski definition) is 17. The fraction of sp³-hybridized carbons (Fsp3) is 0.0571. The van der Waals surface area contributed by atoms with Crippen LogP contribution in [0.2, 0.25) is 0 Å². The summed E-state index contributed by atoms with van der Waals surface area (Å²) in [6.07, 6.45) is 0. The Morgan fingerprint density at radius 3 is 1.19 bits per heavy atom. The molecule has 0 spiro atoms. The van der Waals surface area contributed by atoms with Gasteiger partial charge in [0.05, 0.1) is 24.0 Å². The van der Waals surface area contributed by atoms with Crippen molar-refractivity contribution in [2.75, 3.05) is 24.9 Å². The van der Waals surface area contributed by atoms with Crippen LogP contribution in [-0.4, -0.2) is 82.3 Å². The van der Waals surface area contributed by atoms with Crippen molar-refractivity contribution in [3.05, 3.63) is 84.9 Å². The SMILES string of the molecule is COc1cc(S(=O)(=O)O)ccc1N=Nc1c(S(=O)(=O)O)cc2cc(NC(=O)Nc3ccc4c(O)c(N=Nc5ccc(S(=O)(=O)O)cc5OC)c(S(=O)(=O)O)cc4c3)ccc2c1O. The van der Waals surface area contributed by atoms with Gasteiger partial charge in [-0.3, -0.25) is 18.2 Å². The van der Waals surface area contributed by atoms with Gasteiger partial charge in [0.1, 0.15) is 44.0 Å². The maximum Gasteiger partial charge on any atom is 0.323 e. The second kappa shape index (κ2) is 16.5. The molecule has 0 saturated carbocycles. The van der Waals surface area contributed by atoms with Crippen LogP contribution < -0.4 is 20.1 Å². The normalized spacial score (nSPS) is 12.6. The van der Waals surface area contributed by atoms with Gasteiger partial charge in [-0.15, -0.1) is 20.5 Å². The number of carbonyl (C=O) groups is 1. The van der Waals surface area contributed by atoms with Crippen LogP contribution in [0.25, 0.3) is 21.5 Å². The van der Waals surface area contributed by atoms with Crippen molar-refractivity contribution < 1.29 is 76.4 Å². The molecule has 0 unspecified atom stereocenters. The summed E-state index contributed by atoms with van der Waals surface area (Å²) in [6, 6.07) is 14.4. The molecule has 27 heteroatoms. The topological polar surface area (TPSA) is 367 Å². The summed E-state index contributed by atoms with van der Waals surface area (Å²) in [5.41, 5.74) is -1.70. The maximum absolute atomic E-state index is 13.1. The molecule has 23 nitrogen and oxygen atoms in total. The fourth-order valence-corrected chi connectivity index (χ4v) is 8.06. The summed E-state index contributed by atoms with van der Waals surface area (Å²) in [5.74, 6) is -1.96. The molecule has 0 radical (unpaired) electrons. The lowest BCUT2D eigenvalue weighted by Crippen LogP contribution is -2.19. The van der Waals surface area contributed by atoms with Gasteiger partial charge in [-0.1, -0.05) is 0 Å². The Morgan fingerprint density at radius 1 is 0.500 bits per heavy atom. The average molecular weight is 933 g/mol. The molecule has 62 heavy (non-hydrogen) atoms. The summed E-state index contributed by atoms with van der Waals surface area (Å²) < 4.78 is 144. The number of nitrogens with zero attached hydrogens (tertiary/aromatic N) is 4. The highest BCUT2D eigenvalue weighted by molar-refractivity contribution is 7.86. The minimum atomic E-state index is -5.10. The molecule has 324 valence electrons. The third-order valence-corrected chi connectivity index (χ3v) is 12.0. The van der Waals surface area contributed by atoms with Crippen LogP contribution in [0.15, 0.2) is 125 Å². The molecule has 6 rings (SSSR count). The minimum Gasteiger partial charge on any atom is -0.505 e. The van der Waals surface area contributed by atoms with E-state index in [9.17, 15) is 66.9 Å². The van der Waals surface area contributed by atoms with E-state index in [0.717, 1.165) is 62.8 Å². The summed E-state index contributed by atoms with van der Waals surface area (Å²) >= 11 is 0. The predicted octanol–water partition coefficient (Wildman–Crippen LogP) is 6.88. The molecule has 0 atom stereocenters. The molecule has 0 fully saturated rings. The van der Waals surface area contributed by atoms with Crippen LogP contribution in [0.1, 0.15) is 0 Å². The monoisotopic (exact) mass is 932 g/mol. The van der Waals surface area contributed by atoms with Crippen LogP contribution in [-0.2, 0) is 40.5 Å². The number of ether oxygens (including phenoxy) is 2. The van der Waals surface area contributed by atoms with E-state index in [0.29, 0.717) is 0 Å². The fourth-order valence-electron chi connectivity index (χ4n) is 5.75. The first-order valence-electron chi connectivity index (χ1n) is 16.7. The minimum absolute atomic E-state index is 0.0249. The zero-order chi connectivity index (χ0) is 45.5. The number of phenols is 2. The van der Waals surface area contributed by atoms with Gasteiger partial charge in [-0.2, -0.15) is 33.7 Å². The highest BCUT2D eigenvalue weighted by Crippen LogP contribution is 2.44. The van der Waals surface area contributed by atoms with Crippen molar-refractivity contribution in [2.24, 2.45) is 20.5 Å². The average Bonchev–Trinajstić information content (AvgIpc) is 3.18. The van der Waals surface area contributed by atoms with E-state index in [4.69, 9.17) is 9.47 Å². The van der Waals surface area contributed by atoms with Crippen LogP contribution >= 0.6 is 0 Å². The molecular formula is C35H28N6O17S4. The number of anilines is 2. The molecule has 0 aliphatic heterocycles. The quantitative estimate of drug-likeness (QED) is 0.0457. The number of hydrogen-bond donors (Lipinski definition) is 8. The zero-order valence-electron chi connectivity index (χ0n) is 31.2. The summed E-state index contributed by atoms with van der Waals surface area (Å²) in [6.45, 7) is 0. The highest BCUT2D eigenvalue weighted by Gasteiger charge is 2.25. The van der Waals surface area contributed by atoms with Crippen molar-refractivity contribution in [1.29, 1.82) is 0 Å². The van der Waals surface area contributed by atoms with Gasteiger partial charge in [0.2, 0.25) is 0 Å². The van der Waals surface area contributed by atoms with Crippen LogP contribution in [0, 0.1) is 0 Å². The van der Waals surface area contributed by atoms with Crippen molar-refractivity contribution >= 4 is 102 Å². The molecule has 0 aliphatic carbocycles. The Bertz CT molecular complexity index is 3160. The van der Waals surface area contributed by atoms with E-state index in [1.165, 1.54) is 36.4 Å². The van der Waals surface area contributed by atoms with E-state index < -0.39 is 89.0 Å². The van der Waals surface area contributed by atoms with E-state index >= 15 is 0 Å². The Kier molecular flexibility index (Phi) is 11.9. The highest BCUT2D eigenvalue weighted by atomic mass is 32.2. The van der Waals surface area contributed by atoms with E-state index in [2.05, 4.69) is 31.1 Å². The van der Waals surface area contributed by atoms with Crippen molar-refractivity contribution in [3.63, 3.8) is 0 Å². The number of carbonyl (C=O) groups excluding carboxylic acids is 1. The number of nitrogens with one attached hydrogen (secondary N) is 2. The third-order valence-electron chi connectivity index (χ3n) is 8.59. The number of azo groups is 2. The first kappa shape index (κ1) is 44.7. The number of aromatic hydroxyl groups is 2. The second-order valence-corrected chi connectivity index (χ2v) is 18.2. The predicted molar refractivity (Wildman–Crippen MR) is 217 cm³/mol. The Balaban J connectivity index is 1.28. The van der Waals surface area contributed by atoms with Gasteiger partial charge in [-0.25, -0.2) is 4.79 Å². The van der Waals surface area contributed by atoms with Gasteiger partial charge < -0.3 is 30.3 Å². The van der Waals surface area contributed by atoms with Crippen molar-refractivity contribution in [2.45, 2.75) is 19.6 Å². The van der Waals surface area contributed by atoms with E-state index in [-0.39, 0.29) is 55.8 Å². The molecule has 2 amide bonds. The maximum atomic E-state index is 13.1. The molecule has 0 heterocycles. The first-order valence-corrected chi connectivity index (χ1v) is 22.4. The Labute approximate surface area is 350 Å². The molecule has 0 aliphatic rings. The number of fused-ring (bicyclic) bond motifs is 2. The van der Waals surface area contributed by atoms with E-state index in [1.54, 1.807) is 0 Å². The molecule has 6 aromatic carbocycles. The lowest BCUT2D eigenvalue weighted by Gasteiger charge is -2.13. The first-order chi connectivity index (χ1) is 28.9. The molecule has 0 bridgehead atoms. The van der Waals surface area contributed by atoms with Gasteiger partial charge >= 0.3 is 6.03 Å². The number of rotatable bonds is 12. The van der Waals surface area contributed by atoms with Gasteiger partial charge in [0.15, 0.2) is 11.5 Å². The van der Waals surface area contributed by atoms with Crippen molar-refractivity contribution in [3.8, 4) is 23.0 Å². The smallest absolute Gasteiger partial charge is 0.323 e. The second-order valence-electron chi connectivity index (χ2n) is 12.6. The van der Waals surface area contributed by atoms with E-state index in [1.807, 2.05) is 0 Å². The number of phenolic OH excluding ortho intramolecular Hbond substituents is 2. The molecule has 8 N–H and O–H groups in total. The lowest BCUT2D eigenvalue weighted by molar-refractivity contribution is 0.262. The molecule has 0 saturated heterocycles. The Hall–Kier alpha value is -6.85. The molecule has 6 aromatic rings. The summed E-state index contributed by atoms with van der Waals surface area (Å²) in [7, 11) is -17.2. The number of methoxy groups -OCH3 is 2. The third kappa shape index (κ3) is 9.53. The summed E-state index contributed by atoms with van der Waals surface area (Å²) in [4.78, 5) is 10.2. The summed E-state index contributed by atoms with van der Waals surface area (Å²) in [5, 5.41) is 42.1. The van der Waals surface area contributed by atoms with Crippen LogP contribution in [0.4, 0.5) is 38.9 Å². The number of amides is 2. The molecular weight excluding hydrogens is 905 g/mol. The van der Waals surface area contributed by atoms with Gasteiger partial charge in [-0.05, 0) is 83.6 Å². The lowest BCUT2D eigenvalue weighted by atomic mass is 10.1. The van der Waals surface area contributed by atoms with Gasteiger partial charge in [0, 0.05) is 34.3 Å². The van der Waals surface area contributed by atoms with Gasteiger partial charge in [0.25, 0.3) is 40.5 Å². The largest absolute Gasteiger partial charge is 0.505 e. The standard InChI is InChI=1S/C35H28N6O17S4/c1-57-27-15-21(59(45,46)47)5-9-25(27)38-40-31-29(61(51,52)53)13-17-11-19(3-7-23(17)33(31)42)36-35(44)37-20-4-8-24-18(12-20)14-30(62(54,55)56)32(34(24)43)41-39-26-10-6-22(60(48,49)50)16-28(26)58-2/h3-16,42-43H,1-2H3,(H2,36,37,44)(H,45,46,47)(H,48,49,50)(H,51,52,53)(H,54,55,56). The van der Waals surface area contributed by atoms with Crippen LogP contribution in [0.5, 0.6) is 23.0 Å². The molecule has 0 aromatic heterocycles. The van der Waals surface area contributed by atoms with Crippen molar-refractivity contribution in [1.82, 2.24) is 0 Å². The number of benzene rings is 6.